The number of esters is 1. The lowest BCUT2D eigenvalue weighted by molar-refractivity contribution is -0.152. The van der Waals surface area contributed by atoms with Crippen molar-refractivity contribution in [1.29, 1.82) is 0 Å². The molecule has 178 valence electrons. The van der Waals surface area contributed by atoms with Crippen LogP contribution >= 0.6 is 23.2 Å². The summed E-state index contributed by atoms with van der Waals surface area (Å²) in [4.78, 5) is 15.2. The first-order valence-electron chi connectivity index (χ1n) is 10.9. The smallest absolute Gasteiger partial charge is 0.325 e. The molecule has 0 bridgehead atoms. The van der Waals surface area contributed by atoms with E-state index in [-0.39, 0.29) is 21.0 Å². The Morgan fingerprint density at radius 2 is 1.76 bits per heavy atom. The minimum Gasteiger partial charge on any atom is -0.443 e. The van der Waals surface area contributed by atoms with Gasteiger partial charge in [0.1, 0.15) is 17.7 Å². The first kappa shape index (κ1) is 24.4. The predicted octanol–water partition coefficient (Wildman–Crippen LogP) is 5.99. The lowest BCUT2D eigenvalue weighted by Crippen LogP contribution is -2.56. The summed E-state index contributed by atoms with van der Waals surface area (Å²) >= 11 is 12.2. The zero-order valence-corrected chi connectivity index (χ0v) is 20.8. The van der Waals surface area contributed by atoms with Crippen molar-refractivity contribution in [2.45, 2.75) is 70.3 Å². The van der Waals surface area contributed by atoms with Crippen molar-refractivity contribution in [1.82, 2.24) is 4.90 Å². The molecule has 2 aliphatic heterocycles. The van der Waals surface area contributed by atoms with Crippen LogP contribution in [0, 0.1) is 17.0 Å². The van der Waals surface area contributed by atoms with Crippen molar-refractivity contribution in [3.05, 3.63) is 69.2 Å². The Balaban J connectivity index is 2.04. The molecular weight excluding hydrogens is 469 g/mol. The second-order valence-corrected chi connectivity index (χ2v) is 11.6. The van der Waals surface area contributed by atoms with Crippen LogP contribution in [0.1, 0.15) is 58.1 Å². The van der Waals surface area contributed by atoms with E-state index in [1.54, 1.807) is 32.0 Å². The molecular formula is C25H28Cl2F2N2O2. The molecule has 0 amide bonds. The van der Waals surface area contributed by atoms with Crippen LogP contribution in [0.5, 0.6) is 0 Å². The minimum absolute atomic E-state index is 0.0946. The zero-order valence-electron chi connectivity index (χ0n) is 19.3. The summed E-state index contributed by atoms with van der Waals surface area (Å²) in [7, 11) is 0. The molecule has 0 aliphatic carbocycles. The average Bonchev–Trinajstić information content (AvgIpc) is 3.05. The summed E-state index contributed by atoms with van der Waals surface area (Å²) in [5.74, 6) is -2.34. The van der Waals surface area contributed by atoms with Crippen LogP contribution in [0.4, 0.5) is 8.78 Å². The van der Waals surface area contributed by atoms with Gasteiger partial charge >= 0.3 is 5.97 Å². The molecule has 8 heteroatoms. The third-order valence-electron chi connectivity index (χ3n) is 6.74. The molecule has 2 aromatic carbocycles. The quantitative estimate of drug-likeness (QED) is 0.530. The SMILES string of the molecule is CC(C)(C)C[C@@H]1N2[C@@H](C(=O)OC2(C)C)[C@H](c2ccc(F)c(Cl)c2)[C@@]1(N)c1ccc(Cl)cc1F. The van der Waals surface area contributed by atoms with Gasteiger partial charge in [-0.25, -0.2) is 13.7 Å². The summed E-state index contributed by atoms with van der Waals surface area (Å²) in [5.41, 5.74) is 5.50. The number of hydrogen-bond acceptors (Lipinski definition) is 4. The highest BCUT2D eigenvalue weighted by molar-refractivity contribution is 6.31. The Bertz CT molecular complexity index is 1120. The Labute approximate surface area is 203 Å². The van der Waals surface area contributed by atoms with Crippen LogP contribution in [-0.2, 0) is 15.1 Å². The van der Waals surface area contributed by atoms with Gasteiger partial charge in [-0.1, -0.05) is 56.1 Å². The van der Waals surface area contributed by atoms with Gasteiger partial charge in [0, 0.05) is 22.5 Å². The second-order valence-electron chi connectivity index (χ2n) is 10.7. The van der Waals surface area contributed by atoms with Crippen molar-refractivity contribution in [2.24, 2.45) is 11.1 Å². The van der Waals surface area contributed by atoms with E-state index < -0.39 is 46.9 Å². The summed E-state index contributed by atoms with van der Waals surface area (Å²) in [6, 6.07) is 7.37. The van der Waals surface area contributed by atoms with Gasteiger partial charge in [-0.05, 0) is 55.5 Å². The van der Waals surface area contributed by atoms with Crippen molar-refractivity contribution < 1.29 is 18.3 Å². The highest BCUT2D eigenvalue weighted by atomic mass is 35.5. The molecule has 2 aliphatic rings. The van der Waals surface area contributed by atoms with Crippen molar-refractivity contribution >= 4 is 29.2 Å². The fourth-order valence-electron chi connectivity index (χ4n) is 5.57. The maximum absolute atomic E-state index is 15.5. The lowest BCUT2D eigenvalue weighted by Gasteiger charge is -2.44. The first-order valence-corrected chi connectivity index (χ1v) is 11.6. The number of benzene rings is 2. The highest BCUT2D eigenvalue weighted by Crippen LogP contribution is 2.57. The van der Waals surface area contributed by atoms with Crippen LogP contribution in [0.3, 0.4) is 0 Å². The van der Waals surface area contributed by atoms with Gasteiger partial charge in [0.15, 0.2) is 5.72 Å². The van der Waals surface area contributed by atoms with Crippen LogP contribution in [0.2, 0.25) is 10.0 Å². The van der Waals surface area contributed by atoms with Crippen LogP contribution in [0.25, 0.3) is 0 Å². The number of fused-ring (bicyclic) bond motifs is 1. The maximum atomic E-state index is 15.5. The molecule has 2 N–H and O–H groups in total. The standard InChI is InChI=1S/C25H28Cl2F2N2O2/c1-23(2,3)12-19-25(30,15-8-7-14(26)11-18(15)29)20(13-6-9-17(28)16(27)10-13)21-22(32)33-24(4,5)31(19)21/h6-11,19-21H,12,30H2,1-5H3/t19-,20-,21+,25+/m0/s1. The number of rotatable bonds is 3. The van der Waals surface area contributed by atoms with E-state index in [0.29, 0.717) is 12.0 Å². The summed E-state index contributed by atoms with van der Waals surface area (Å²) < 4.78 is 35.3. The Hall–Kier alpha value is -1.73. The van der Waals surface area contributed by atoms with E-state index in [0.717, 1.165) is 0 Å². The molecule has 0 spiro atoms. The van der Waals surface area contributed by atoms with Crippen LogP contribution in [-0.4, -0.2) is 28.7 Å². The fraction of sp³-hybridized carbons (Fsp3) is 0.480. The third-order valence-corrected chi connectivity index (χ3v) is 7.26. The molecule has 0 aromatic heterocycles. The molecule has 2 aromatic rings. The summed E-state index contributed by atoms with van der Waals surface area (Å²) in [6.45, 7) is 9.80. The molecule has 4 atom stereocenters. The van der Waals surface area contributed by atoms with Crippen molar-refractivity contribution in [3.63, 3.8) is 0 Å². The maximum Gasteiger partial charge on any atom is 0.325 e. The van der Waals surface area contributed by atoms with Crippen LogP contribution in [0.15, 0.2) is 36.4 Å². The predicted molar refractivity (Wildman–Crippen MR) is 125 cm³/mol. The second kappa shape index (κ2) is 7.91. The van der Waals surface area contributed by atoms with Gasteiger partial charge in [0.05, 0.1) is 10.6 Å². The number of cyclic esters (lactones) is 1. The van der Waals surface area contributed by atoms with E-state index in [2.05, 4.69) is 20.8 Å². The molecule has 2 saturated heterocycles. The van der Waals surface area contributed by atoms with E-state index in [1.807, 2.05) is 4.90 Å². The average molecular weight is 497 g/mol. The van der Waals surface area contributed by atoms with Crippen LogP contribution < -0.4 is 5.73 Å². The number of carbonyl (C=O) groups is 1. The molecule has 0 saturated carbocycles. The molecule has 0 unspecified atom stereocenters. The molecule has 2 heterocycles. The molecule has 2 fully saturated rings. The molecule has 4 nitrogen and oxygen atoms in total. The van der Waals surface area contributed by atoms with E-state index in [1.165, 1.54) is 18.2 Å². The Morgan fingerprint density at radius 3 is 2.33 bits per heavy atom. The largest absolute Gasteiger partial charge is 0.443 e. The molecule has 4 rings (SSSR count). The zero-order chi connectivity index (χ0) is 24.5. The molecule has 33 heavy (non-hydrogen) atoms. The summed E-state index contributed by atoms with van der Waals surface area (Å²) in [5, 5.41) is 0.148. The van der Waals surface area contributed by atoms with E-state index >= 15 is 4.39 Å². The van der Waals surface area contributed by atoms with Gasteiger partial charge in [0.2, 0.25) is 0 Å². The van der Waals surface area contributed by atoms with E-state index in [9.17, 15) is 9.18 Å². The topological polar surface area (TPSA) is 55.6 Å². The van der Waals surface area contributed by atoms with Crippen molar-refractivity contribution in [2.75, 3.05) is 0 Å². The number of carbonyl (C=O) groups excluding carboxylic acids is 1. The van der Waals surface area contributed by atoms with Gasteiger partial charge < -0.3 is 10.5 Å². The number of nitrogens with zero attached hydrogens (tertiary/aromatic N) is 1. The number of nitrogens with two attached hydrogens (primary N) is 1. The monoisotopic (exact) mass is 496 g/mol. The number of halogens is 4. The van der Waals surface area contributed by atoms with Gasteiger partial charge in [0.25, 0.3) is 0 Å². The van der Waals surface area contributed by atoms with Gasteiger partial charge in [-0.2, -0.15) is 0 Å². The summed E-state index contributed by atoms with van der Waals surface area (Å²) in [6.07, 6.45) is 0.549. The molecule has 0 radical (unpaired) electrons. The fourth-order valence-corrected chi connectivity index (χ4v) is 5.92. The highest BCUT2D eigenvalue weighted by Gasteiger charge is 2.69. The number of ether oxygens (including phenoxy) is 1. The van der Waals surface area contributed by atoms with Crippen molar-refractivity contribution in [3.8, 4) is 0 Å². The van der Waals surface area contributed by atoms with Gasteiger partial charge in [-0.3, -0.25) is 4.79 Å². The lowest BCUT2D eigenvalue weighted by atomic mass is 9.68. The third kappa shape index (κ3) is 3.95. The Morgan fingerprint density at radius 1 is 1.09 bits per heavy atom. The number of hydrogen-bond donors (Lipinski definition) is 1. The van der Waals surface area contributed by atoms with E-state index in [4.69, 9.17) is 33.7 Å². The first-order chi connectivity index (χ1) is 15.2. The van der Waals surface area contributed by atoms with Gasteiger partial charge in [-0.15, -0.1) is 0 Å². The normalized spacial score (nSPS) is 29.3. The minimum atomic E-state index is -1.36. The Kier molecular flexibility index (Phi) is 5.85.